The number of nitrogens with one attached hydrogen (secondary N) is 3. The zero-order valence-corrected chi connectivity index (χ0v) is 11.0. The van der Waals surface area contributed by atoms with Crippen molar-refractivity contribution in [1.29, 1.82) is 0 Å². The van der Waals surface area contributed by atoms with E-state index in [0.717, 1.165) is 45.6 Å². The molecule has 5 N–H and O–H groups in total. The fourth-order valence-corrected chi connectivity index (χ4v) is 1.49. The Morgan fingerprint density at radius 2 is 1.65 bits per heavy atom. The second kappa shape index (κ2) is 13.7. The third kappa shape index (κ3) is 15.6. The van der Waals surface area contributed by atoms with Crippen LogP contribution in [0.5, 0.6) is 0 Å². The molecule has 0 rings (SSSR count). The summed E-state index contributed by atoms with van der Waals surface area (Å²) in [4.78, 5) is 10.2. The van der Waals surface area contributed by atoms with Crippen LogP contribution in [0.4, 0.5) is 0 Å². The summed E-state index contributed by atoms with van der Waals surface area (Å²) in [5.41, 5.74) is 5.36. The monoisotopic (exact) mass is 262 g/mol. The molecule has 0 aromatic rings. The summed E-state index contributed by atoms with van der Waals surface area (Å²) in [6.45, 7) is 4.65. The highest BCUT2D eigenvalue weighted by Crippen LogP contribution is 1.95. The Labute approximate surface area is 104 Å². The average molecular weight is 262 g/mol. The summed E-state index contributed by atoms with van der Waals surface area (Å²) in [5, 5.41) is 8.78. The van der Waals surface area contributed by atoms with Crippen LogP contribution in [0.1, 0.15) is 12.8 Å². The van der Waals surface area contributed by atoms with Crippen molar-refractivity contribution < 1.29 is 9.46 Å². The first-order valence-corrected chi connectivity index (χ1v) is 7.09. The maximum atomic E-state index is 10.2. The molecule has 1 atom stereocenters. The molecule has 0 aromatic carbocycles. The van der Waals surface area contributed by atoms with Crippen LogP contribution in [0.25, 0.3) is 0 Å². The number of hydrogen-bond donors (Lipinski definition) is 4. The maximum absolute atomic E-state index is 10.2. The highest BCUT2D eigenvalue weighted by atomic mass is 31.1. The molecule has 0 bridgehead atoms. The van der Waals surface area contributed by atoms with Crippen LogP contribution < -0.4 is 26.3 Å². The highest BCUT2D eigenvalue weighted by molar-refractivity contribution is 7.33. The van der Waals surface area contributed by atoms with Crippen LogP contribution in [0.15, 0.2) is 12.2 Å². The molecular weight excluding hydrogens is 239 g/mol. The normalized spacial score (nSPS) is 12.2. The van der Waals surface area contributed by atoms with Gasteiger partial charge in [0.2, 0.25) is 0 Å². The molecule has 0 saturated heterocycles. The largest absolute Gasteiger partial charge is 0.578 e. The number of rotatable bonds is 12. The highest BCUT2D eigenvalue weighted by Gasteiger charge is 1.95. The molecule has 0 radical (unpaired) electrons. The summed E-state index contributed by atoms with van der Waals surface area (Å²) in [5.74, 6) is 0. The minimum atomic E-state index is -2.45. The molecule has 0 saturated carbocycles. The topological polar surface area (TPSA) is 102 Å². The Morgan fingerprint density at radius 3 is 2.18 bits per heavy atom. The summed E-state index contributed by atoms with van der Waals surface area (Å²) in [6, 6.07) is 0. The predicted octanol–water partition coefficient (Wildman–Crippen LogP) is -0.932. The quantitative estimate of drug-likeness (QED) is 0.206. The zero-order valence-electron chi connectivity index (χ0n) is 10.2. The molecular formula is C10H23N4O2P. The molecule has 1 unspecified atom stereocenters. The molecule has 0 aliphatic carbocycles. The van der Waals surface area contributed by atoms with Gasteiger partial charge in [0.1, 0.15) is 0 Å². The lowest BCUT2D eigenvalue weighted by Gasteiger charge is -2.00. The molecule has 7 heteroatoms. The van der Waals surface area contributed by atoms with E-state index < -0.39 is 8.18 Å². The molecule has 0 aromatic heterocycles. The van der Waals surface area contributed by atoms with E-state index in [-0.39, 0.29) is 0 Å². The van der Waals surface area contributed by atoms with Crippen LogP contribution >= 0.6 is 8.18 Å². The summed E-state index contributed by atoms with van der Waals surface area (Å²) in [7, 11) is -2.45. The zero-order chi connectivity index (χ0) is 12.8. The van der Waals surface area contributed by atoms with Crippen LogP contribution in [-0.4, -0.2) is 39.3 Å². The molecule has 0 spiro atoms. The Morgan fingerprint density at radius 1 is 1.06 bits per heavy atom. The van der Waals surface area contributed by atoms with E-state index in [9.17, 15) is 9.46 Å². The van der Waals surface area contributed by atoms with Crippen LogP contribution in [-0.2, 0) is 4.57 Å². The SMILES string of the molecule is NCCCNC/C=C/CNCCCN[P+](=O)[O-]. The van der Waals surface area contributed by atoms with Crippen molar-refractivity contribution in [2.24, 2.45) is 5.73 Å². The third-order valence-electron chi connectivity index (χ3n) is 2.02. The van der Waals surface area contributed by atoms with Gasteiger partial charge >= 0.3 is 8.18 Å². The van der Waals surface area contributed by atoms with Gasteiger partial charge in [-0.15, -0.1) is 5.09 Å². The summed E-state index contributed by atoms with van der Waals surface area (Å²) < 4.78 is 10.2. The van der Waals surface area contributed by atoms with Gasteiger partial charge in [-0.2, -0.15) is 0 Å². The van der Waals surface area contributed by atoms with Crippen molar-refractivity contribution in [3.63, 3.8) is 0 Å². The van der Waals surface area contributed by atoms with Gasteiger partial charge in [-0.25, -0.2) is 0 Å². The Hall–Kier alpha value is -0.360. The van der Waals surface area contributed by atoms with Gasteiger partial charge in [0, 0.05) is 19.6 Å². The lowest BCUT2D eigenvalue weighted by Crippen LogP contribution is -2.21. The molecule has 0 amide bonds. The van der Waals surface area contributed by atoms with E-state index in [2.05, 4.69) is 27.9 Å². The van der Waals surface area contributed by atoms with Crippen molar-refractivity contribution >= 4 is 8.18 Å². The third-order valence-corrected chi connectivity index (χ3v) is 2.50. The van der Waals surface area contributed by atoms with Crippen molar-refractivity contribution in [2.75, 3.05) is 39.3 Å². The van der Waals surface area contributed by atoms with E-state index in [0.29, 0.717) is 6.54 Å². The standard InChI is InChI=1S/C10H23N4O2P/c11-5-3-8-12-6-1-2-7-13-9-4-10-14-17(15)16/h1-2,12-13H,3-11H2,(H,14,15,16)/b2-1+. The lowest BCUT2D eigenvalue weighted by molar-refractivity contribution is -0.167. The van der Waals surface area contributed by atoms with Crippen LogP contribution in [0, 0.1) is 0 Å². The van der Waals surface area contributed by atoms with Crippen LogP contribution in [0.2, 0.25) is 0 Å². The fourth-order valence-electron chi connectivity index (χ4n) is 1.15. The smallest absolute Gasteiger partial charge is 0.408 e. The fraction of sp³-hybridized carbons (Fsp3) is 0.800. The molecule has 17 heavy (non-hydrogen) atoms. The van der Waals surface area contributed by atoms with Gasteiger partial charge < -0.3 is 21.3 Å². The van der Waals surface area contributed by atoms with E-state index in [1.165, 1.54) is 0 Å². The summed E-state index contributed by atoms with van der Waals surface area (Å²) >= 11 is 0. The summed E-state index contributed by atoms with van der Waals surface area (Å²) in [6.07, 6.45) is 5.92. The van der Waals surface area contributed by atoms with Crippen LogP contribution in [0.3, 0.4) is 0 Å². The van der Waals surface area contributed by atoms with E-state index >= 15 is 0 Å². The van der Waals surface area contributed by atoms with Gasteiger partial charge in [-0.05, 0) is 32.5 Å². The molecule has 0 aliphatic heterocycles. The first-order valence-electron chi connectivity index (χ1n) is 5.91. The maximum Gasteiger partial charge on any atom is 0.408 e. The average Bonchev–Trinajstić information content (AvgIpc) is 2.30. The minimum Gasteiger partial charge on any atom is -0.578 e. The van der Waals surface area contributed by atoms with Crippen molar-refractivity contribution in [3.8, 4) is 0 Å². The van der Waals surface area contributed by atoms with Gasteiger partial charge in [-0.3, -0.25) is 0 Å². The van der Waals surface area contributed by atoms with E-state index in [1.807, 2.05) is 0 Å². The minimum absolute atomic E-state index is 0.496. The van der Waals surface area contributed by atoms with Crippen molar-refractivity contribution in [3.05, 3.63) is 12.2 Å². The van der Waals surface area contributed by atoms with Crippen molar-refractivity contribution in [1.82, 2.24) is 15.7 Å². The number of nitrogens with two attached hydrogens (primary N) is 1. The molecule has 0 heterocycles. The van der Waals surface area contributed by atoms with Gasteiger partial charge in [0.15, 0.2) is 0 Å². The molecule has 100 valence electrons. The number of hydrogen-bond acceptors (Lipinski definition) is 5. The van der Waals surface area contributed by atoms with Gasteiger partial charge in [0.05, 0.1) is 0 Å². The van der Waals surface area contributed by atoms with Gasteiger partial charge in [-0.1, -0.05) is 16.7 Å². The molecule has 6 nitrogen and oxygen atoms in total. The first kappa shape index (κ1) is 16.6. The van der Waals surface area contributed by atoms with Crippen molar-refractivity contribution in [2.45, 2.75) is 12.8 Å². The predicted molar refractivity (Wildman–Crippen MR) is 68.8 cm³/mol. The Bertz CT molecular complexity index is 214. The lowest BCUT2D eigenvalue weighted by atomic mass is 10.4. The Balaban J connectivity index is 3.06. The second-order valence-corrected chi connectivity index (χ2v) is 4.37. The molecule has 0 fully saturated rings. The van der Waals surface area contributed by atoms with E-state index in [1.54, 1.807) is 0 Å². The second-order valence-electron chi connectivity index (χ2n) is 3.54. The first-order chi connectivity index (χ1) is 8.27. The van der Waals surface area contributed by atoms with E-state index in [4.69, 9.17) is 5.73 Å². The Kier molecular flexibility index (Phi) is 13.4. The molecule has 0 aliphatic rings. The van der Waals surface area contributed by atoms with Gasteiger partial charge in [0.25, 0.3) is 0 Å².